The van der Waals surface area contributed by atoms with Crippen molar-refractivity contribution in [3.05, 3.63) is 29.8 Å². The smallest absolute Gasteiger partial charge is 0.277 e. The Hall–Kier alpha value is -1.11. The Bertz CT molecular complexity index is 446. The molecular weight excluding hydrogens is 240 g/mol. The van der Waals surface area contributed by atoms with E-state index in [1.165, 1.54) is 0 Å². The quantitative estimate of drug-likeness (QED) is 0.767. The molecule has 0 aliphatic rings. The summed E-state index contributed by atoms with van der Waals surface area (Å²) in [6.07, 6.45) is 0.759. The van der Waals surface area contributed by atoms with Gasteiger partial charge in [0.25, 0.3) is 10.2 Å². The summed E-state index contributed by atoms with van der Waals surface area (Å²) in [6, 6.07) is 7.29. The molecule has 5 nitrogen and oxygen atoms in total. The molecule has 0 amide bonds. The topological polar surface area (TPSA) is 67.4 Å². The van der Waals surface area contributed by atoms with E-state index >= 15 is 0 Å². The number of hydrogen-bond donors (Lipinski definition) is 2. The number of rotatable bonds is 7. The van der Waals surface area contributed by atoms with Crippen molar-refractivity contribution in [2.45, 2.75) is 19.9 Å². The van der Waals surface area contributed by atoms with E-state index in [-0.39, 0.29) is 6.54 Å². The fraction of sp³-hybridized carbons (Fsp3) is 0.455. The van der Waals surface area contributed by atoms with Gasteiger partial charge in [0.05, 0.1) is 7.11 Å². The Morgan fingerprint density at radius 1 is 1.24 bits per heavy atom. The zero-order valence-electron chi connectivity index (χ0n) is 10.1. The van der Waals surface area contributed by atoms with Crippen LogP contribution in [0.1, 0.15) is 18.9 Å². The van der Waals surface area contributed by atoms with Crippen molar-refractivity contribution in [3.63, 3.8) is 0 Å². The maximum absolute atomic E-state index is 11.5. The van der Waals surface area contributed by atoms with Crippen molar-refractivity contribution in [1.82, 2.24) is 9.44 Å². The molecule has 1 aromatic carbocycles. The number of hydrogen-bond acceptors (Lipinski definition) is 3. The van der Waals surface area contributed by atoms with E-state index in [2.05, 4.69) is 9.44 Å². The van der Waals surface area contributed by atoms with E-state index in [0.29, 0.717) is 12.3 Å². The standard InChI is InChI=1S/C11H18N2O3S/c1-3-8-12-17(14,15)13-9-10-6-4-5-7-11(10)16-2/h4-7,12-13H,3,8-9H2,1-2H3. The number of ether oxygens (including phenoxy) is 1. The van der Waals surface area contributed by atoms with Gasteiger partial charge in [0.15, 0.2) is 0 Å². The van der Waals surface area contributed by atoms with E-state index in [0.717, 1.165) is 12.0 Å². The lowest BCUT2D eigenvalue weighted by atomic mass is 10.2. The van der Waals surface area contributed by atoms with E-state index in [9.17, 15) is 8.42 Å². The molecule has 0 saturated heterocycles. The summed E-state index contributed by atoms with van der Waals surface area (Å²) in [7, 11) is -1.86. The fourth-order valence-corrected chi connectivity index (χ4v) is 2.23. The minimum absolute atomic E-state index is 0.211. The number of benzene rings is 1. The highest BCUT2D eigenvalue weighted by molar-refractivity contribution is 7.87. The highest BCUT2D eigenvalue weighted by Crippen LogP contribution is 2.16. The van der Waals surface area contributed by atoms with E-state index in [4.69, 9.17) is 4.74 Å². The number of methoxy groups -OCH3 is 1. The summed E-state index contributed by atoms with van der Waals surface area (Å²) in [4.78, 5) is 0. The monoisotopic (exact) mass is 258 g/mol. The van der Waals surface area contributed by atoms with Crippen LogP contribution in [0.15, 0.2) is 24.3 Å². The zero-order chi connectivity index (χ0) is 12.7. The highest BCUT2D eigenvalue weighted by Gasteiger charge is 2.09. The first kappa shape index (κ1) is 14.0. The molecule has 2 N–H and O–H groups in total. The molecule has 0 aromatic heterocycles. The van der Waals surface area contributed by atoms with Crippen LogP contribution in [-0.4, -0.2) is 22.1 Å². The van der Waals surface area contributed by atoms with Gasteiger partial charge in [-0.25, -0.2) is 4.72 Å². The van der Waals surface area contributed by atoms with Gasteiger partial charge in [-0.05, 0) is 12.5 Å². The second-order valence-corrected chi connectivity index (χ2v) is 5.11. The van der Waals surface area contributed by atoms with Gasteiger partial charge in [0.1, 0.15) is 5.75 Å². The van der Waals surface area contributed by atoms with Gasteiger partial charge >= 0.3 is 0 Å². The molecule has 0 unspecified atom stereocenters. The predicted molar refractivity (Wildman–Crippen MR) is 67.0 cm³/mol. The van der Waals surface area contributed by atoms with Crippen LogP contribution in [0.2, 0.25) is 0 Å². The van der Waals surface area contributed by atoms with Gasteiger partial charge in [0, 0.05) is 18.7 Å². The molecule has 0 spiro atoms. The normalized spacial score (nSPS) is 11.4. The second-order valence-electron chi connectivity index (χ2n) is 3.53. The van der Waals surface area contributed by atoms with Crippen molar-refractivity contribution >= 4 is 10.2 Å². The lowest BCUT2D eigenvalue weighted by Crippen LogP contribution is -2.36. The largest absolute Gasteiger partial charge is 0.496 e. The Morgan fingerprint density at radius 2 is 1.94 bits per heavy atom. The minimum Gasteiger partial charge on any atom is -0.496 e. The summed E-state index contributed by atoms with van der Waals surface area (Å²) >= 11 is 0. The van der Waals surface area contributed by atoms with Crippen molar-refractivity contribution in [3.8, 4) is 5.75 Å². The Labute approximate surface area is 102 Å². The van der Waals surface area contributed by atoms with Gasteiger partial charge in [-0.2, -0.15) is 13.1 Å². The van der Waals surface area contributed by atoms with Gasteiger partial charge in [-0.1, -0.05) is 25.1 Å². The van der Waals surface area contributed by atoms with Crippen LogP contribution in [0.3, 0.4) is 0 Å². The van der Waals surface area contributed by atoms with Crippen molar-refractivity contribution < 1.29 is 13.2 Å². The first-order valence-corrected chi connectivity index (χ1v) is 6.93. The van der Waals surface area contributed by atoms with Crippen LogP contribution in [0.25, 0.3) is 0 Å². The molecule has 0 heterocycles. The number of nitrogens with one attached hydrogen (secondary N) is 2. The van der Waals surface area contributed by atoms with Gasteiger partial charge in [-0.3, -0.25) is 0 Å². The molecule has 0 bridgehead atoms. The van der Waals surface area contributed by atoms with Crippen molar-refractivity contribution in [1.29, 1.82) is 0 Å². The van der Waals surface area contributed by atoms with E-state index in [1.807, 2.05) is 25.1 Å². The fourth-order valence-electron chi connectivity index (χ4n) is 1.31. The van der Waals surface area contributed by atoms with E-state index in [1.54, 1.807) is 13.2 Å². The third kappa shape index (κ3) is 4.72. The first-order valence-electron chi connectivity index (χ1n) is 5.45. The van der Waals surface area contributed by atoms with Crippen LogP contribution in [0.5, 0.6) is 5.75 Å². The molecule has 6 heteroatoms. The molecule has 0 fully saturated rings. The van der Waals surface area contributed by atoms with Gasteiger partial charge in [0.2, 0.25) is 0 Å². The molecule has 0 radical (unpaired) electrons. The summed E-state index contributed by atoms with van der Waals surface area (Å²) < 4.78 is 33.0. The minimum atomic E-state index is -3.42. The van der Waals surface area contributed by atoms with Crippen molar-refractivity contribution in [2.24, 2.45) is 0 Å². The van der Waals surface area contributed by atoms with E-state index < -0.39 is 10.2 Å². The molecule has 96 valence electrons. The maximum atomic E-state index is 11.5. The third-order valence-corrected chi connectivity index (χ3v) is 3.30. The lowest BCUT2D eigenvalue weighted by molar-refractivity contribution is 0.409. The highest BCUT2D eigenvalue weighted by atomic mass is 32.2. The molecule has 1 aromatic rings. The zero-order valence-corrected chi connectivity index (χ0v) is 10.9. The summed E-state index contributed by atoms with van der Waals surface area (Å²) in [6.45, 7) is 2.55. The van der Waals surface area contributed by atoms with Crippen LogP contribution < -0.4 is 14.2 Å². The molecular formula is C11H18N2O3S. The Balaban J connectivity index is 2.61. The molecule has 1 rings (SSSR count). The number of para-hydroxylation sites is 1. The Kier molecular flexibility index (Phi) is 5.40. The molecule has 17 heavy (non-hydrogen) atoms. The van der Waals surface area contributed by atoms with Crippen LogP contribution in [0.4, 0.5) is 0 Å². The molecule has 0 aliphatic heterocycles. The van der Waals surface area contributed by atoms with Crippen LogP contribution in [0, 0.1) is 0 Å². The summed E-state index contributed by atoms with van der Waals surface area (Å²) in [5.41, 5.74) is 0.803. The molecule has 0 atom stereocenters. The first-order chi connectivity index (χ1) is 8.09. The SMILES string of the molecule is CCCNS(=O)(=O)NCc1ccccc1OC. The third-order valence-electron chi connectivity index (χ3n) is 2.19. The Morgan fingerprint density at radius 3 is 2.59 bits per heavy atom. The predicted octanol–water partition coefficient (Wildman–Crippen LogP) is 1.03. The average Bonchev–Trinajstić information content (AvgIpc) is 2.34. The van der Waals surface area contributed by atoms with Gasteiger partial charge in [-0.15, -0.1) is 0 Å². The van der Waals surface area contributed by atoms with Crippen LogP contribution in [-0.2, 0) is 16.8 Å². The van der Waals surface area contributed by atoms with Gasteiger partial charge < -0.3 is 4.74 Å². The average molecular weight is 258 g/mol. The maximum Gasteiger partial charge on any atom is 0.277 e. The molecule has 0 aliphatic carbocycles. The van der Waals surface area contributed by atoms with Crippen LogP contribution >= 0.6 is 0 Å². The summed E-state index contributed by atoms with van der Waals surface area (Å²) in [5, 5.41) is 0. The second kappa shape index (κ2) is 6.58. The van der Waals surface area contributed by atoms with Crippen molar-refractivity contribution in [2.75, 3.05) is 13.7 Å². The lowest BCUT2D eigenvalue weighted by Gasteiger charge is -2.10. The summed E-state index contributed by atoms with van der Waals surface area (Å²) in [5.74, 6) is 0.672. The molecule has 0 saturated carbocycles.